The zero-order chi connectivity index (χ0) is 26.3. The lowest BCUT2D eigenvalue weighted by molar-refractivity contribution is -0.128. The van der Waals surface area contributed by atoms with E-state index in [0.717, 1.165) is 42.6 Å². The highest BCUT2D eigenvalue weighted by Gasteiger charge is 2.28. The third kappa shape index (κ3) is 7.51. The zero-order valence-electron chi connectivity index (χ0n) is 21.6. The number of aryl methyl sites for hydroxylation is 2. The van der Waals surface area contributed by atoms with Gasteiger partial charge >= 0.3 is 0 Å². The minimum absolute atomic E-state index is 0.173. The predicted molar refractivity (Wildman–Crippen MR) is 148 cm³/mol. The number of amides is 1. The topological polar surface area (TPSA) is 87.7 Å². The molecule has 2 aromatic rings. The molecule has 196 valence electrons. The van der Waals surface area contributed by atoms with E-state index in [4.69, 9.17) is 17.0 Å². The Balaban J connectivity index is 1.47. The molecule has 0 unspecified atom stereocenters. The maximum absolute atomic E-state index is 12.8. The Hall–Kier alpha value is -2.49. The molecule has 1 aliphatic heterocycles. The van der Waals surface area contributed by atoms with E-state index in [9.17, 15) is 13.2 Å². The van der Waals surface area contributed by atoms with Crippen LogP contribution in [0.15, 0.2) is 47.4 Å². The number of nitrogens with zero attached hydrogens (tertiary/aromatic N) is 1. The molecule has 1 fully saturated rings. The molecule has 36 heavy (non-hydrogen) atoms. The largest absolute Gasteiger partial charge is 0.493 e. The third-order valence-electron chi connectivity index (χ3n) is 6.45. The monoisotopic (exact) mass is 531 g/mol. The highest BCUT2D eigenvalue weighted by atomic mass is 32.2. The quantitative estimate of drug-likeness (QED) is 0.343. The Bertz CT molecular complexity index is 1170. The van der Waals surface area contributed by atoms with Crippen LogP contribution in [0.4, 0.5) is 5.69 Å². The lowest BCUT2D eigenvalue weighted by atomic mass is 9.87. The van der Waals surface area contributed by atoms with E-state index in [2.05, 4.69) is 16.7 Å². The Morgan fingerprint density at radius 2 is 1.72 bits per heavy atom. The van der Waals surface area contributed by atoms with E-state index < -0.39 is 15.4 Å². The van der Waals surface area contributed by atoms with Crippen LogP contribution in [-0.2, 0) is 14.8 Å². The normalized spacial score (nSPS) is 14.8. The van der Waals surface area contributed by atoms with Crippen molar-refractivity contribution in [2.45, 2.75) is 64.7 Å². The second-order valence-corrected chi connectivity index (χ2v) is 12.3. The lowest BCUT2D eigenvalue weighted by Gasteiger charge is -2.26. The molecule has 0 atom stereocenters. The zero-order valence-corrected chi connectivity index (χ0v) is 23.2. The fourth-order valence-corrected chi connectivity index (χ4v) is 5.80. The lowest BCUT2D eigenvalue weighted by Crippen LogP contribution is -2.42. The predicted octanol–water partition coefficient (Wildman–Crippen LogP) is 5.18. The molecule has 7 nitrogen and oxygen atoms in total. The third-order valence-corrected chi connectivity index (χ3v) is 8.57. The number of thiocarbonyl (C=S) groups is 1. The Morgan fingerprint density at radius 1 is 1.06 bits per heavy atom. The van der Waals surface area contributed by atoms with E-state index in [1.807, 2.05) is 39.8 Å². The first kappa shape index (κ1) is 28.1. The Labute approximate surface area is 220 Å². The number of rotatable bonds is 9. The van der Waals surface area contributed by atoms with Crippen LogP contribution in [0.1, 0.15) is 57.1 Å². The number of carbonyl (C=O) groups is 1. The van der Waals surface area contributed by atoms with Crippen LogP contribution >= 0.6 is 12.2 Å². The molecule has 0 radical (unpaired) electrons. The van der Waals surface area contributed by atoms with E-state index >= 15 is 0 Å². The summed E-state index contributed by atoms with van der Waals surface area (Å²) in [4.78, 5) is 13.1. The molecular formula is C27H37N3O4S2. The Kier molecular flexibility index (Phi) is 9.49. The van der Waals surface area contributed by atoms with E-state index in [-0.39, 0.29) is 15.9 Å². The minimum atomic E-state index is -3.49. The van der Waals surface area contributed by atoms with Crippen LogP contribution in [0.3, 0.4) is 0 Å². The average Bonchev–Trinajstić information content (AvgIpc) is 2.84. The number of carbonyl (C=O) groups excluding carboxylic acids is 1. The highest BCUT2D eigenvalue weighted by molar-refractivity contribution is 7.89. The molecule has 0 saturated carbocycles. The summed E-state index contributed by atoms with van der Waals surface area (Å²) in [6, 6.07) is 12.6. The summed E-state index contributed by atoms with van der Waals surface area (Å²) in [5.74, 6) is 0.688. The highest BCUT2D eigenvalue weighted by Crippen LogP contribution is 2.25. The molecule has 2 N–H and O–H groups in total. The maximum Gasteiger partial charge on any atom is 0.243 e. The first-order valence-corrected chi connectivity index (χ1v) is 14.3. The first-order valence-electron chi connectivity index (χ1n) is 12.4. The van der Waals surface area contributed by atoms with Crippen molar-refractivity contribution in [2.24, 2.45) is 5.41 Å². The summed E-state index contributed by atoms with van der Waals surface area (Å²) in [6.45, 7) is 9.45. The molecule has 0 spiro atoms. The molecule has 1 saturated heterocycles. The number of sulfonamides is 1. The van der Waals surface area contributed by atoms with Gasteiger partial charge in [0.2, 0.25) is 15.9 Å². The molecule has 1 heterocycles. The molecule has 0 bridgehead atoms. The van der Waals surface area contributed by atoms with Gasteiger partial charge in [0.15, 0.2) is 5.11 Å². The number of benzene rings is 2. The van der Waals surface area contributed by atoms with Crippen molar-refractivity contribution in [3.63, 3.8) is 0 Å². The van der Waals surface area contributed by atoms with Crippen LogP contribution in [0.2, 0.25) is 0 Å². The van der Waals surface area contributed by atoms with Crippen molar-refractivity contribution in [2.75, 3.05) is 25.0 Å². The van der Waals surface area contributed by atoms with Crippen LogP contribution in [-0.4, -0.2) is 43.4 Å². The summed E-state index contributed by atoms with van der Waals surface area (Å²) in [5.41, 5.74) is 2.21. The minimum Gasteiger partial charge on any atom is -0.493 e. The second kappa shape index (κ2) is 12.2. The van der Waals surface area contributed by atoms with Gasteiger partial charge in [0.1, 0.15) is 5.75 Å². The van der Waals surface area contributed by atoms with Crippen molar-refractivity contribution in [1.29, 1.82) is 0 Å². The van der Waals surface area contributed by atoms with Gasteiger partial charge in [-0.3, -0.25) is 4.79 Å². The molecule has 3 rings (SSSR count). The van der Waals surface area contributed by atoms with Crippen molar-refractivity contribution >= 4 is 38.9 Å². The molecule has 2 aromatic carbocycles. The van der Waals surface area contributed by atoms with Crippen LogP contribution in [0.25, 0.3) is 0 Å². The van der Waals surface area contributed by atoms with Crippen LogP contribution in [0.5, 0.6) is 5.75 Å². The Morgan fingerprint density at radius 3 is 2.39 bits per heavy atom. The van der Waals surface area contributed by atoms with Gasteiger partial charge in [-0.2, -0.15) is 4.31 Å². The van der Waals surface area contributed by atoms with Crippen molar-refractivity contribution in [1.82, 2.24) is 9.62 Å². The first-order chi connectivity index (χ1) is 17.0. The molecule has 0 aliphatic carbocycles. The molecule has 1 aliphatic rings. The molecular weight excluding hydrogens is 494 g/mol. The second-order valence-electron chi connectivity index (χ2n) is 10.0. The molecule has 9 heteroatoms. The van der Waals surface area contributed by atoms with Crippen molar-refractivity contribution in [3.8, 4) is 5.75 Å². The number of hydrogen-bond donors (Lipinski definition) is 2. The van der Waals surface area contributed by atoms with Crippen LogP contribution < -0.4 is 15.4 Å². The van der Waals surface area contributed by atoms with Gasteiger partial charge in [-0.1, -0.05) is 32.4 Å². The van der Waals surface area contributed by atoms with Gasteiger partial charge in [-0.15, -0.1) is 0 Å². The van der Waals surface area contributed by atoms with E-state index in [1.165, 1.54) is 0 Å². The summed E-state index contributed by atoms with van der Waals surface area (Å²) in [5, 5.41) is 5.90. The van der Waals surface area contributed by atoms with Gasteiger partial charge in [0.05, 0.1) is 11.5 Å². The fraction of sp³-hybridized carbons (Fsp3) is 0.481. The number of hydrogen-bond acceptors (Lipinski definition) is 5. The van der Waals surface area contributed by atoms with Crippen molar-refractivity contribution < 1.29 is 17.9 Å². The molecule has 0 aromatic heterocycles. The van der Waals surface area contributed by atoms with Gasteiger partial charge in [0.25, 0.3) is 0 Å². The molecule has 1 amide bonds. The van der Waals surface area contributed by atoms with E-state index in [0.29, 0.717) is 31.8 Å². The summed E-state index contributed by atoms with van der Waals surface area (Å²) >= 11 is 5.32. The number of piperidine rings is 1. The van der Waals surface area contributed by atoms with Gasteiger partial charge in [-0.05, 0) is 93.2 Å². The summed E-state index contributed by atoms with van der Waals surface area (Å²) in [7, 11) is -3.49. The SMILES string of the molecule is Cc1ccc(C)c(OCCCC(C)(C)C(=O)NC(=S)Nc2ccc(S(=O)(=O)N3CCCCC3)cc2)c1. The summed E-state index contributed by atoms with van der Waals surface area (Å²) < 4.78 is 33.1. The van der Waals surface area contributed by atoms with Gasteiger partial charge < -0.3 is 15.4 Å². The van der Waals surface area contributed by atoms with Crippen molar-refractivity contribution in [3.05, 3.63) is 53.6 Å². The standard InChI is InChI=1S/C27H37N3O4S2/c1-20-9-10-21(2)24(19-20)34-18-8-15-27(3,4)25(31)29-26(35)28-22-11-13-23(14-12-22)36(32,33)30-16-6-5-7-17-30/h9-14,19H,5-8,15-18H2,1-4H3,(H2,28,29,31,35). The summed E-state index contributed by atoms with van der Waals surface area (Å²) in [6.07, 6.45) is 4.21. The number of ether oxygens (including phenoxy) is 1. The van der Waals surface area contributed by atoms with Gasteiger partial charge in [0, 0.05) is 24.2 Å². The average molecular weight is 532 g/mol. The van der Waals surface area contributed by atoms with Crippen LogP contribution in [0, 0.1) is 19.3 Å². The smallest absolute Gasteiger partial charge is 0.243 e. The fourth-order valence-electron chi connectivity index (χ4n) is 4.07. The number of anilines is 1. The number of nitrogens with one attached hydrogen (secondary N) is 2. The van der Waals surface area contributed by atoms with Gasteiger partial charge in [-0.25, -0.2) is 8.42 Å². The van der Waals surface area contributed by atoms with E-state index in [1.54, 1.807) is 28.6 Å². The maximum atomic E-state index is 12.8.